The average molecular weight is 125 g/mol. The van der Waals surface area contributed by atoms with Crippen LogP contribution in [-0.4, -0.2) is 68.1 Å². The van der Waals surface area contributed by atoms with Gasteiger partial charge >= 0.3 is 37.7 Å². The molecular formula is H10BCaO4. The zero-order chi connectivity index (χ0) is 0. The molecule has 0 heterocycles. The molecule has 0 rings (SSSR count). The Hall–Kier alpha value is 1.16. The molecule has 0 aliphatic rings. The third kappa shape index (κ3) is 66.0. The van der Waals surface area contributed by atoms with E-state index in [0.717, 1.165) is 0 Å². The van der Waals surface area contributed by atoms with Gasteiger partial charge in [0.15, 0.2) is 0 Å². The van der Waals surface area contributed by atoms with Crippen molar-refractivity contribution < 1.29 is 24.8 Å². The first-order chi connectivity index (χ1) is 0. The Morgan fingerprint density at radius 1 is 0.667 bits per heavy atom. The van der Waals surface area contributed by atoms with E-state index in [2.05, 4.69) is 0 Å². The Morgan fingerprint density at radius 2 is 0.667 bits per heavy atom. The van der Waals surface area contributed by atoms with Crippen molar-refractivity contribution in [2.24, 2.45) is 0 Å². The first kappa shape index (κ1) is 201. The quantitative estimate of drug-likeness (QED) is 0.294. The van der Waals surface area contributed by atoms with E-state index in [4.69, 9.17) is 0 Å². The first-order valence-electron chi connectivity index (χ1n) is 0. The Morgan fingerprint density at radius 3 is 0.667 bits per heavy atom. The van der Waals surface area contributed by atoms with Crippen molar-refractivity contribution in [3.05, 3.63) is 0 Å². The second-order valence-electron chi connectivity index (χ2n) is 0. The Kier molecular flexibility index (Phi) is 4060. The molecule has 4 nitrogen and oxygen atoms in total. The molecule has 0 amide bonds. The van der Waals surface area contributed by atoms with Crippen LogP contribution in [0.5, 0.6) is 0 Å². The molecule has 3 radical (unpaired) electrons. The molecule has 0 aromatic heterocycles. The van der Waals surface area contributed by atoms with Crippen molar-refractivity contribution in [2.45, 2.75) is 0 Å². The predicted molar refractivity (Wildman–Crippen MR) is 28.2 cm³/mol. The van der Waals surface area contributed by atoms with E-state index in [0.29, 0.717) is 0 Å². The van der Waals surface area contributed by atoms with E-state index in [1.807, 2.05) is 0 Å². The third-order valence-corrected chi connectivity index (χ3v) is 0. The maximum Gasteiger partial charge on any atom is 2.00 e. The van der Waals surface area contributed by atoms with Gasteiger partial charge in [0, 0.05) is 8.41 Å². The van der Waals surface area contributed by atoms with Crippen LogP contribution in [0, 0.1) is 0 Å². The molecule has 0 bridgehead atoms. The molecule has 6 heavy (non-hydrogen) atoms. The minimum Gasteiger partial charge on any atom is -1.00 e. The number of hydrogen-bond donors (Lipinski definition) is 0. The maximum absolute atomic E-state index is 0. The SMILES string of the molecule is O.O.O.O.[B].[Ca+2].[H-].[H-]. The molecule has 0 saturated carbocycles. The van der Waals surface area contributed by atoms with Crippen molar-refractivity contribution in [2.75, 3.05) is 0 Å². The van der Waals surface area contributed by atoms with E-state index in [1.165, 1.54) is 0 Å². The van der Waals surface area contributed by atoms with Crippen LogP contribution < -0.4 is 0 Å². The van der Waals surface area contributed by atoms with Gasteiger partial charge in [-0.05, 0) is 0 Å². The molecule has 0 aromatic carbocycles. The van der Waals surface area contributed by atoms with Gasteiger partial charge in [0.05, 0.1) is 0 Å². The summed E-state index contributed by atoms with van der Waals surface area (Å²) in [5.41, 5.74) is 0. The Labute approximate surface area is 70.7 Å². The summed E-state index contributed by atoms with van der Waals surface area (Å²) < 4.78 is 0. The molecule has 39 valence electrons. The van der Waals surface area contributed by atoms with Gasteiger partial charge in [0.1, 0.15) is 0 Å². The smallest absolute Gasteiger partial charge is 1.00 e. The molecule has 0 saturated heterocycles. The largest absolute Gasteiger partial charge is 2.00 e. The van der Waals surface area contributed by atoms with Crippen molar-refractivity contribution >= 4 is 46.2 Å². The van der Waals surface area contributed by atoms with Crippen molar-refractivity contribution in [3.63, 3.8) is 0 Å². The average Bonchev–Trinajstić information content (AvgIpc) is 0. The summed E-state index contributed by atoms with van der Waals surface area (Å²) >= 11 is 0. The van der Waals surface area contributed by atoms with Gasteiger partial charge in [-0.15, -0.1) is 0 Å². The molecule has 8 N–H and O–H groups in total. The van der Waals surface area contributed by atoms with Crippen LogP contribution in [-0.2, 0) is 0 Å². The van der Waals surface area contributed by atoms with Crippen LogP contribution >= 0.6 is 0 Å². The van der Waals surface area contributed by atoms with Gasteiger partial charge in [0.25, 0.3) is 0 Å². The topological polar surface area (TPSA) is 126 Å². The first-order valence-corrected chi connectivity index (χ1v) is 0. The van der Waals surface area contributed by atoms with Crippen molar-refractivity contribution in [3.8, 4) is 0 Å². The Balaban J connectivity index is 0. The zero-order valence-electron chi connectivity index (χ0n) is 5.28. The summed E-state index contributed by atoms with van der Waals surface area (Å²) in [4.78, 5) is 0. The van der Waals surface area contributed by atoms with Gasteiger partial charge < -0.3 is 24.8 Å². The van der Waals surface area contributed by atoms with Crippen LogP contribution in [0.25, 0.3) is 0 Å². The number of rotatable bonds is 0. The molecule has 0 spiro atoms. The molecule has 6 heteroatoms. The van der Waals surface area contributed by atoms with Gasteiger partial charge in [-0.1, -0.05) is 0 Å². The molecule has 0 aliphatic carbocycles. The normalized spacial score (nSPS) is 0. The van der Waals surface area contributed by atoms with Gasteiger partial charge in [-0.2, -0.15) is 0 Å². The fourth-order valence-electron chi connectivity index (χ4n) is 0. The summed E-state index contributed by atoms with van der Waals surface area (Å²) in [5.74, 6) is 0. The van der Waals surface area contributed by atoms with Crippen LogP contribution in [0.2, 0.25) is 0 Å². The van der Waals surface area contributed by atoms with E-state index in [1.54, 1.807) is 0 Å². The maximum atomic E-state index is 0. The van der Waals surface area contributed by atoms with Crippen LogP contribution in [0.1, 0.15) is 2.85 Å². The molecule has 0 aromatic rings. The summed E-state index contributed by atoms with van der Waals surface area (Å²) in [5, 5.41) is 0. The number of hydrogen-bond acceptors (Lipinski definition) is 0. The van der Waals surface area contributed by atoms with Crippen molar-refractivity contribution in [1.82, 2.24) is 0 Å². The van der Waals surface area contributed by atoms with E-state index >= 15 is 0 Å². The molecule has 0 fully saturated rings. The summed E-state index contributed by atoms with van der Waals surface area (Å²) in [6.45, 7) is 0. The minimum absolute atomic E-state index is 0. The third-order valence-electron chi connectivity index (χ3n) is 0. The van der Waals surface area contributed by atoms with E-state index in [9.17, 15) is 0 Å². The van der Waals surface area contributed by atoms with Gasteiger partial charge in [-0.25, -0.2) is 0 Å². The van der Waals surface area contributed by atoms with E-state index < -0.39 is 0 Å². The minimum atomic E-state index is 0. The standard InChI is InChI=1S/B.Ca.4H2O.2H/h;;4*1H2;;/q;+2;;;;;2*-1. The van der Waals surface area contributed by atoms with E-state index in [-0.39, 0.29) is 70.9 Å². The fraction of sp³-hybridized carbons (Fsp3) is 0. The molecule has 0 aliphatic heterocycles. The second-order valence-corrected chi connectivity index (χ2v) is 0. The Bertz CT molecular complexity index is 14.0. The predicted octanol–water partition coefficient (Wildman–Crippen LogP) is -3.84. The second kappa shape index (κ2) is 121. The summed E-state index contributed by atoms with van der Waals surface area (Å²) in [6, 6.07) is 0. The van der Waals surface area contributed by atoms with Gasteiger partial charge in [-0.3, -0.25) is 0 Å². The summed E-state index contributed by atoms with van der Waals surface area (Å²) in [6.07, 6.45) is 0. The fourth-order valence-corrected chi connectivity index (χ4v) is 0. The summed E-state index contributed by atoms with van der Waals surface area (Å²) in [7, 11) is 0. The molecule has 0 atom stereocenters. The molecule has 0 unspecified atom stereocenters. The zero-order valence-corrected chi connectivity index (χ0v) is 5.49. The van der Waals surface area contributed by atoms with Gasteiger partial charge in [0.2, 0.25) is 0 Å². The van der Waals surface area contributed by atoms with Crippen LogP contribution in [0.4, 0.5) is 0 Å². The molecular weight excluding hydrogens is 115 g/mol. The monoisotopic (exact) mass is 125 g/mol. The van der Waals surface area contributed by atoms with Crippen LogP contribution in [0.15, 0.2) is 0 Å². The van der Waals surface area contributed by atoms with Crippen LogP contribution in [0.3, 0.4) is 0 Å². The van der Waals surface area contributed by atoms with Crippen molar-refractivity contribution in [1.29, 1.82) is 0 Å².